The van der Waals surface area contributed by atoms with Crippen LogP contribution in [0.5, 0.6) is 0 Å². The molecule has 1 aromatic carbocycles. The van der Waals surface area contributed by atoms with Gasteiger partial charge in [0.1, 0.15) is 5.69 Å². The third-order valence-corrected chi connectivity index (χ3v) is 2.20. The minimum absolute atomic E-state index is 0.106. The highest BCUT2D eigenvalue weighted by molar-refractivity contribution is 5.92. The van der Waals surface area contributed by atoms with Crippen LogP contribution in [0.1, 0.15) is 10.6 Å². The number of hydrogen-bond donors (Lipinski definition) is 2. The van der Waals surface area contributed by atoms with E-state index in [1.165, 1.54) is 0 Å². The minimum atomic E-state index is -0.381. The summed E-state index contributed by atoms with van der Waals surface area (Å²) in [6.07, 6.45) is 0. The molecule has 0 atom stereocenters. The van der Waals surface area contributed by atoms with Gasteiger partial charge in [0.05, 0.1) is 6.61 Å². The van der Waals surface area contributed by atoms with Crippen LogP contribution in [0.3, 0.4) is 0 Å². The standard InChI is InChI=1S/C12H12N2O3/c15-7-6-13-12(16)11-8-10(14-17-11)9-4-2-1-3-5-9/h1-5,8,15H,6-7H2,(H,13,16). The maximum absolute atomic E-state index is 11.5. The molecule has 0 aliphatic carbocycles. The maximum Gasteiger partial charge on any atom is 0.289 e. The van der Waals surface area contributed by atoms with Crippen molar-refractivity contribution in [3.8, 4) is 11.3 Å². The average Bonchev–Trinajstić information content (AvgIpc) is 2.86. The predicted molar refractivity (Wildman–Crippen MR) is 61.4 cm³/mol. The van der Waals surface area contributed by atoms with Gasteiger partial charge in [-0.25, -0.2) is 0 Å². The van der Waals surface area contributed by atoms with Crippen molar-refractivity contribution in [2.45, 2.75) is 0 Å². The molecule has 0 saturated carbocycles. The second kappa shape index (κ2) is 5.27. The molecule has 1 aromatic heterocycles. The largest absolute Gasteiger partial charge is 0.395 e. The van der Waals surface area contributed by atoms with Crippen molar-refractivity contribution in [1.29, 1.82) is 0 Å². The zero-order chi connectivity index (χ0) is 12.1. The lowest BCUT2D eigenvalue weighted by Crippen LogP contribution is -2.25. The summed E-state index contributed by atoms with van der Waals surface area (Å²) in [6.45, 7) is 0.0889. The molecular weight excluding hydrogens is 220 g/mol. The van der Waals surface area contributed by atoms with Crippen LogP contribution in [0.2, 0.25) is 0 Å². The monoisotopic (exact) mass is 232 g/mol. The van der Waals surface area contributed by atoms with Gasteiger partial charge in [-0.1, -0.05) is 35.5 Å². The quantitative estimate of drug-likeness (QED) is 0.826. The highest BCUT2D eigenvalue weighted by atomic mass is 16.5. The highest BCUT2D eigenvalue weighted by Crippen LogP contribution is 2.18. The van der Waals surface area contributed by atoms with Crippen LogP contribution in [0, 0.1) is 0 Å². The van der Waals surface area contributed by atoms with E-state index >= 15 is 0 Å². The fraction of sp³-hybridized carbons (Fsp3) is 0.167. The number of amides is 1. The number of nitrogens with one attached hydrogen (secondary N) is 1. The summed E-state index contributed by atoms with van der Waals surface area (Å²) in [5.41, 5.74) is 1.50. The van der Waals surface area contributed by atoms with Crippen LogP contribution in [-0.4, -0.2) is 29.3 Å². The summed E-state index contributed by atoms with van der Waals surface area (Å²) < 4.78 is 4.93. The number of hydrogen-bond acceptors (Lipinski definition) is 4. The second-order valence-corrected chi connectivity index (χ2v) is 3.42. The van der Waals surface area contributed by atoms with E-state index in [1.54, 1.807) is 6.07 Å². The van der Waals surface area contributed by atoms with Crippen LogP contribution >= 0.6 is 0 Å². The van der Waals surface area contributed by atoms with Crippen LogP contribution in [0.15, 0.2) is 40.9 Å². The van der Waals surface area contributed by atoms with Crippen LogP contribution < -0.4 is 5.32 Å². The van der Waals surface area contributed by atoms with Gasteiger partial charge in [0.15, 0.2) is 0 Å². The molecule has 0 spiro atoms. The molecule has 0 saturated heterocycles. The van der Waals surface area contributed by atoms with Gasteiger partial charge in [-0.15, -0.1) is 0 Å². The number of benzene rings is 1. The van der Waals surface area contributed by atoms with Crippen molar-refractivity contribution in [2.24, 2.45) is 0 Å². The number of aliphatic hydroxyl groups excluding tert-OH is 1. The number of nitrogens with zero attached hydrogens (tertiary/aromatic N) is 1. The number of aromatic nitrogens is 1. The zero-order valence-corrected chi connectivity index (χ0v) is 9.09. The van der Waals surface area contributed by atoms with Gasteiger partial charge in [0, 0.05) is 18.2 Å². The van der Waals surface area contributed by atoms with Gasteiger partial charge in [0.2, 0.25) is 5.76 Å². The molecular formula is C12H12N2O3. The molecule has 0 aliphatic heterocycles. The first-order valence-corrected chi connectivity index (χ1v) is 5.22. The van der Waals surface area contributed by atoms with Gasteiger partial charge in [-0.05, 0) is 0 Å². The molecule has 0 unspecified atom stereocenters. The molecule has 0 radical (unpaired) electrons. The Labute approximate surface area is 98.1 Å². The Morgan fingerprint density at radius 3 is 2.82 bits per heavy atom. The third-order valence-electron chi connectivity index (χ3n) is 2.20. The van der Waals surface area contributed by atoms with Crippen LogP contribution in [0.25, 0.3) is 11.3 Å². The summed E-state index contributed by atoms with van der Waals surface area (Å²) in [6, 6.07) is 11.0. The lowest BCUT2D eigenvalue weighted by atomic mass is 10.1. The second-order valence-electron chi connectivity index (χ2n) is 3.42. The molecule has 0 bridgehead atoms. The van der Waals surface area contributed by atoms with E-state index in [0.717, 1.165) is 5.56 Å². The molecule has 1 amide bonds. The van der Waals surface area contributed by atoms with E-state index in [2.05, 4.69) is 10.5 Å². The molecule has 2 N–H and O–H groups in total. The van der Waals surface area contributed by atoms with Gasteiger partial charge < -0.3 is 14.9 Å². The molecule has 88 valence electrons. The number of carbonyl (C=O) groups is 1. The van der Waals surface area contributed by atoms with Crippen molar-refractivity contribution in [1.82, 2.24) is 10.5 Å². The van der Waals surface area contributed by atoms with Crippen LogP contribution in [-0.2, 0) is 0 Å². The Bertz CT molecular complexity index is 493. The van der Waals surface area contributed by atoms with E-state index in [9.17, 15) is 4.79 Å². The zero-order valence-electron chi connectivity index (χ0n) is 9.09. The predicted octanol–water partition coefficient (Wildman–Crippen LogP) is 1.06. The van der Waals surface area contributed by atoms with E-state index in [-0.39, 0.29) is 24.8 Å². The summed E-state index contributed by atoms with van der Waals surface area (Å²) >= 11 is 0. The molecule has 17 heavy (non-hydrogen) atoms. The van der Waals surface area contributed by atoms with Crippen molar-refractivity contribution in [3.05, 3.63) is 42.2 Å². The molecule has 0 aliphatic rings. The smallest absolute Gasteiger partial charge is 0.289 e. The molecule has 1 heterocycles. The fourth-order valence-electron chi connectivity index (χ4n) is 1.38. The lowest BCUT2D eigenvalue weighted by molar-refractivity contribution is 0.0908. The van der Waals surface area contributed by atoms with Gasteiger partial charge >= 0.3 is 0 Å². The molecule has 2 aromatic rings. The first-order valence-electron chi connectivity index (χ1n) is 5.22. The van der Waals surface area contributed by atoms with E-state index in [0.29, 0.717) is 5.69 Å². The Morgan fingerprint density at radius 1 is 1.35 bits per heavy atom. The summed E-state index contributed by atoms with van der Waals surface area (Å²) in [5.74, 6) is -0.244. The van der Waals surface area contributed by atoms with E-state index < -0.39 is 0 Å². The normalized spacial score (nSPS) is 10.2. The first kappa shape index (κ1) is 11.3. The van der Waals surface area contributed by atoms with Crippen molar-refractivity contribution in [3.63, 3.8) is 0 Å². The van der Waals surface area contributed by atoms with Gasteiger partial charge in [-0.3, -0.25) is 4.79 Å². The summed E-state index contributed by atoms with van der Waals surface area (Å²) in [4.78, 5) is 11.5. The summed E-state index contributed by atoms with van der Waals surface area (Å²) in [5, 5.41) is 14.9. The van der Waals surface area contributed by atoms with E-state index in [4.69, 9.17) is 9.63 Å². The molecule has 0 fully saturated rings. The number of carbonyl (C=O) groups excluding carboxylic acids is 1. The number of aliphatic hydroxyl groups is 1. The topological polar surface area (TPSA) is 75.4 Å². The van der Waals surface area contributed by atoms with Crippen molar-refractivity contribution in [2.75, 3.05) is 13.2 Å². The third kappa shape index (κ3) is 2.70. The van der Waals surface area contributed by atoms with Crippen LogP contribution in [0.4, 0.5) is 0 Å². The molecule has 5 heteroatoms. The fourth-order valence-corrected chi connectivity index (χ4v) is 1.38. The van der Waals surface area contributed by atoms with Gasteiger partial charge in [0.25, 0.3) is 5.91 Å². The van der Waals surface area contributed by atoms with Crippen molar-refractivity contribution >= 4 is 5.91 Å². The maximum atomic E-state index is 11.5. The Balaban J connectivity index is 2.14. The van der Waals surface area contributed by atoms with Crippen molar-refractivity contribution < 1.29 is 14.4 Å². The Morgan fingerprint density at radius 2 is 2.12 bits per heavy atom. The molecule has 2 rings (SSSR count). The lowest BCUT2D eigenvalue weighted by Gasteiger charge is -1.97. The first-order chi connectivity index (χ1) is 8.31. The Hall–Kier alpha value is -2.14. The van der Waals surface area contributed by atoms with E-state index in [1.807, 2.05) is 30.3 Å². The molecule has 5 nitrogen and oxygen atoms in total. The highest BCUT2D eigenvalue weighted by Gasteiger charge is 2.12. The SMILES string of the molecule is O=C(NCCO)c1cc(-c2ccccc2)no1. The number of rotatable bonds is 4. The minimum Gasteiger partial charge on any atom is -0.395 e. The average molecular weight is 232 g/mol. The Kier molecular flexibility index (Phi) is 3.52. The van der Waals surface area contributed by atoms with Gasteiger partial charge in [-0.2, -0.15) is 0 Å². The summed E-state index contributed by atoms with van der Waals surface area (Å²) in [7, 11) is 0.